The van der Waals surface area contributed by atoms with Gasteiger partial charge < -0.3 is 4.74 Å². The average molecular weight is 257 g/mol. The Morgan fingerprint density at radius 2 is 2.00 bits per heavy atom. The summed E-state index contributed by atoms with van der Waals surface area (Å²) in [4.78, 5) is 4.22. The summed E-state index contributed by atoms with van der Waals surface area (Å²) in [5, 5.41) is 0. The van der Waals surface area contributed by atoms with E-state index in [2.05, 4.69) is 16.5 Å². The number of nitrogens with one attached hydrogen (secondary N) is 1. The molecule has 2 aromatic rings. The molecule has 0 aliphatic heterocycles. The lowest BCUT2D eigenvalue weighted by molar-refractivity contribution is 0.414. The monoisotopic (exact) mass is 257 g/mol. The van der Waals surface area contributed by atoms with Gasteiger partial charge in [-0.3, -0.25) is 10.8 Å². The van der Waals surface area contributed by atoms with E-state index >= 15 is 0 Å². The normalized spacial score (nSPS) is 12.2. The van der Waals surface area contributed by atoms with Gasteiger partial charge >= 0.3 is 0 Å². The summed E-state index contributed by atoms with van der Waals surface area (Å²) < 4.78 is 5.22. The number of nitrogens with zero attached hydrogens (tertiary/aromatic N) is 1. The van der Waals surface area contributed by atoms with E-state index in [9.17, 15) is 0 Å². The number of nitrogens with two attached hydrogens (primary N) is 1. The molecule has 2 rings (SSSR count). The van der Waals surface area contributed by atoms with Gasteiger partial charge in [-0.2, -0.15) is 0 Å². The Balaban J connectivity index is 2.42. The molecule has 0 bridgehead atoms. The smallest absolute Gasteiger partial charge is 0.119 e. The molecule has 0 fully saturated rings. The number of aryl methyl sites for hydroxylation is 2. The summed E-state index contributed by atoms with van der Waals surface area (Å²) in [6.45, 7) is 4.07. The highest BCUT2D eigenvalue weighted by Crippen LogP contribution is 2.27. The van der Waals surface area contributed by atoms with Crippen molar-refractivity contribution in [2.45, 2.75) is 19.9 Å². The van der Waals surface area contributed by atoms with Gasteiger partial charge in [0, 0.05) is 12.4 Å². The minimum absolute atomic E-state index is 0.0710. The van der Waals surface area contributed by atoms with Crippen LogP contribution in [0.2, 0.25) is 0 Å². The molecule has 0 amide bonds. The summed E-state index contributed by atoms with van der Waals surface area (Å²) >= 11 is 0. The fourth-order valence-electron chi connectivity index (χ4n) is 2.20. The standard InChI is InChI=1S/C15H19N3O/c1-10-6-12(9-17-8-10)15(18-16)14-5-4-13(19-3)7-11(14)2/h4-9,15,18H,16H2,1-3H3. The quantitative estimate of drug-likeness (QED) is 0.651. The van der Waals surface area contributed by atoms with Gasteiger partial charge in [0.15, 0.2) is 0 Å². The summed E-state index contributed by atoms with van der Waals surface area (Å²) in [6.07, 6.45) is 3.67. The van der Waals surface area contributed by atoms with Gasteiger partial charge in [0.05, 0.1) is 13.2 Å². The number of ether oxygens (including phenoxy) is 1. The highest BCUT2D eigenvalue weighted by atomic mass is 16.5. The molecule has 0 aliphatic rings. The number of pyridine rings is 1. The Morgan fingerprint density at radius 1 is 1.21 bits per heavy atom. The molecule has 4 heteroatoms. The maximum absolute atomic E-state index is 5.72. The third kappa shape index (κ3) is 2.92. The van der Waals surface area contributed by atoms with E-state index < -0.39 is 0 Å². The van der Waals surface area contributed by atoms with Gasteiger partial charge in [0.25, 0.3) is 0 Å². The van der Waals surface area contributed by atoms with Gasteiger partial charge in [-0.15, -0.1) is 0 Å². The Labute approximate surface area is 113 Å². The minimum Gasteiger partial charge on any atom is -0.497 e. The molecular weight excluding hydrogens is 238 g/mol. The number of methoxy groups -OCH3 is 1. The maximum Gasteiger partial charge on any atom is 0.119 e. The highest BCUT2D eigenvalue weighted by molar-refractivity contribution is 5.41. The second kappa shape index (κ2) is 5.82. The summed E-state index contributed by atoms with van der Waals surface area (Å²) in [6, 6.07) is 7.99. The van der Waals surface area contributed by atoms with Gasteiger partial charge in [0.2, 0.25) is 0 Å². The van der Waals surface area contributed by atoms with Crippen molar-refractivity contribution in [3.8, 4) is 5.75 Å². The third-order valence-electron chi connectivity index (χ3n) is 3.18. The van der Waals surface area contributed by atoms with Crippen LogP contribution in [0.1, 0.15) is 28.3 Å². The van der Waals surface area contributed by atoms with E-state index in [1.807, 2.05) is 44.4 Å². The van der Waals surface area contributed by atoms with Crippen molar-refractivity contribution in [1.82, 2.24) is 10.4 Å². The molecule has 1 aromatic heterocycles. The maximum atomic E-state index is 5.72. The van der Waals surface area contributed by atoms with Gasteiger partial charge in [-0.05, 0) is 48.2 Å². The van der Waals surface area contributed by atoms with Crippen molar-refractivity contribution < 1.29 is 4.74 Å². The van der Waals surface area contributed by atoms with Crippen molar-refractivity contribution in [2.24, 2.45) is 5.84 Å². The van der Waals surface area contributed by atoms with Crippen LogP contribution in [0.5, 0.6) is 5.75 Å². The summed E-state index contributed by atoms with van der Waals surface area (Å²) in [7, 11) is 1.66. The molecule has 19 heavy (non-hydrogen) atoms. The van der Waals surface area contributed by atoms with Crippen molar-refractivity contribution in [2.75, 3.05) is 7.11 Å². The molecule has 4 nitrogen and oxygen atoms in total. The van der Waals surface area contributed by atoms with Gasteiger partial charge in [-0.25, -0.2) is 5.43 Å². The topological polar surface area (TPSA) is 60.2 Å². The predicted octanol–water partition coefficient (Wildman–Crippen LogP) is 2.26. The van der Waals surface area contributed by atoms with Crippen LogP contribution in [0.4, 0.5) is 0 Å². The van der Waals surface area contributed by atoms with Crippen LogP contribution in [-0.4, -0.2) is 12.1 Å². The average Bonchev–Trinajstić information content (AvgIpc) is 2.41. The number of hydrogen-bond acceptors (Lipinski definition) is 4. The van der Waals surface area contributed by atoms with Crippen molar-refractivity contribution >= 4 is 0 Å². The number of aromatic nitrogens is 1. The van der Waals surface area contributed by atoms with Crippen LogP contribution in [0.25, 0.3) is 0 Å². The molecule has 1 atom stereocenters. The van der Waals surface area contributed by atoms with Crippen LogP contribution in [0.3, 0.4) is 0 Å². The van der Waals surface area contributed by atoms with E-state index in [4.69, 9.17) is 10.6 Å². The Hall–Kier alpha value is -1.91. The van der Waals surface area contributed by atoms with Crippen LogP contribution in [-0.2, 0) is 0 Å². The number of hydrogen-bond donors (Lipinski definition) is 2. The molecule has 0 saturated heterocycles. The van der Waals surface area contributed by atoms with Crippen molar-refractivity contribution in [3.05, 3.63) is 58.9 Å². The fourth-order valence-corrected chi connectivity index (χ4v) is 2.20. The highest BCUT2D eigenvalue weighted by Gasteiger charge is 2.15. The second-order valence-electron chi connectivity index (χ2n) is 4.62. The molecule has 1 aromatic carbocycles. The van der Waals surface area contributed by atoms with Gasteiger partial charge in [0.1, 0.15) is 5.75 Å². The molecule has 0 saturated carbocycles. The zero-order chi connectivity index (χ0) is 13.8. The third-order valence-corrected chi connectivity index (χ3v) is 3.18. The first kappa shape index (κ1) is 13.5. The predicted molar refractivity (Wildman–Crippen MR) is 75.9 cm³/mol. The van der Waals surface area contributed by atoms with Crippen molar-refractivity contribution in [3.63, 3.8) is 0 Å². The molecule has 100 valence electrons. The molecule has 1 unspecified atom stereocenters. The van der Waals surface area contributed by atoms with E-state index in [0.717, 1.165) is 28.0 Å². The van der Waals surface area contributed by atoms with E-state index in [1.54, 1.807) is 7.11 Å². The van der Waals surface area contributed by atoms with E-state index in [-0.39, 0.29) is 6.04 Å². The van der Waals surface area contributed by atoms with E-state index in [1.165, 1.54) is 0 Å². The molecule has 0 radical (unpaired) electrons. The lowest BCUT2D eigenvalue weighted by Crippen LogP contribution is -2.29. The van der Waals surface area contributed by atoms with Gasteiger partial charge in [-0.1, -0.05) is 12.1 Å². The molecule has 3 N–H and O–H groups in total. The molecule has 0 aliphatic carbocycles. The molecule has 0 spiro atoms. The lowest BCUT2D eigenvalue weighted by atomic mass is 9.96. The SMILES string of the molecule is COc1ccc(C(NN)c2cncc(C)c2)c(C)c1. The fraction of sp³-hybridized carbons (Fsp3) is 0.267. The van der Waals surface area contributed by atoms with Crippen LogP contribution >= 0.6 is 0 Å². The summed E-state index contributed by atoms with van der Waals surface area (Å²) in [5.41, 5.74) is 7.28. The summed E-state index contributed by atoms with van der Waals surface area (Å²) in [5.74, 6) is 6.56. The first-order valence-electron chi connectivity index (χ1n) is 6.18. The van der Waals surface area contributed by atoms with E-state index in [0.29, 0.717) is 0 Å². The Morgan fingerprint density at radius 3 is 2.58 bits per heavy atom. The van der Waals surface area contributed by atoms with Crippen LogP contribution in [0.15, 0.2) is 36.7 Å². The number of benzene rings is 1. The van der Waals surface area contributed by atoms with Crippen LogP contribution in [0, 0.1) is 13.8 Å². The zero-order valence-corrected chi connectivity index (χ0v) is 11.5. The molecular formula is C15H19N3O. The van der Waals surface area contributed by atoms with Crippen molar-refractivity contribution in [1.29, 1.82) is 0 Å². The zero-order valence-electron chi connectivity index (χ0n) is 11.5. The Bertz CT molecular complexity index is 569. The lowest BCUT2D eigenvalue weighted by Gasteiger charge is -2.19. The second-order valence-corrected chi connectivity index (χ2v) is 4.62. The first-order chi connectivity index (χ1) is 9.15. The largest absolute Gasteiger partial charge is 0.497 e. The minimum atomic E-state index is -0.0710. The van der Waals surface area contributed by atoms with Crippen LogP contribution < -0.4 is 16.0 Å². The number of hydrazine groups is 1. The molecule has 1 heterocycles. The first-order valence-corrected chi connectivity index (χ1v) is 6.18. The Kier molecular flexibility index (Phi) is 4.14. The number of rotatable bonds is 4.